The van der Waals surface area contributed by atoms with Crippen LogP contribution in [0.5, 0.6) is 11.5 Å². The van der Waals surface area contributed by atoms with E-state index in [-0.39, 0.29) is 0 Å². The smallest absolute Gasteiger partial charge is 0.132 e. The molecule has 53 heavy (non-hydrogen) atoms. The van der Waals surface area contributed by atoms with Gasteiger partial charge in [0.1, 0.15) is 11.5 Å². The van der Waals surface area contributed by atoms with Crippen LogP contribution in [-0.2, 0) is 11.8 Å². The summed E-state index contributed by atoms with van der Waals surface area (Å²) in [5, 5.41) is 2.48. The molecule has 0 radical (unpaired) electrons. The highest BCUT2D eigenvalue weighted by Crippen LogP contribution is 2.63. The average Bonchev–Trinajstić information content (AvgIpc) is 3.23. The van der Waals surface area contributed by atoms with Crippen LogP contribution in [0, 0.1) is 0 Å². The van der Waals surface area contributed by atoms with Gasteiger partial charge in [-0.05, 0) is 117 Å². The van der Waals surface area contributed by atoms with Crippen molar-refractivity contribution in [1.29, 1.82) is 0 Å². The molecule has 0 aromatic heterocycles. The highest BCUT2D eigenvalue weighted by Gasteiger charge is 2.51. The summed E-state index contributed by atoms with van der Waals surface area (Å²) >= 11 is 0. The molecule has 0 N–H and O–H groups in total. The van der Waals surface area contributed by atoms with E-state index in [9.17, 15) is 0 Å². The van der Waals surface area contributed by atoms with Gasteiger partial charge in [0.25, 0.3) is 0 Å². The molecule has 8 aromatic rings. The maximum absolute atomic E-state index is 6.79. The molecule has 0 amide bonds. The van der Waals surface area contributed by atoms with Crippen LogP contribution in [0.25, 0.3) is 39.1 Å². The van der Waals surface area contributed by atoms with Crippen molar-refractivity contribution in [3.63, 3.8) is 0 Å². The Hall–Kier alpha value is -6.64. The van der Waals surface area contributed by atoms with Gasteiger partial charge in [-0.1, -0.05) is 140 Å². The van der Waals surface area contributed by atoms with E-state index in [1.807, 2.05) is 0 Å². The van der Waals surface area contributed by atoms with E-state index in [4.69, 9.17) is 4.74 Å². The minimum atomic E-state index is -0.678. The third-order valence-electron chi connectivity index (χ3n) is 11.6. The summed E-state index contributed by atoms with van der Waals surface area (Å²) in [5.74, 6) is 1.77. The maximum atomic E-state index is 6.79. The number of fused-ring (bicyclic) bond motifs is 10. The third kappa shape index (κ3) is 4.39. The van der Waals surface area contributed by atoms with E-state index in [1.54, 1.807) is 0 Å². The van der Waals surface area contributed by atoms with E-state index in [1.165, 1.54) is 55.3 Å². The summed E-state index contributed by atoms with van der Waals surface area (Å²) in [6.07, 6.45) is 6.79. The van der Waals surface area contributed by atoms with Crippen LogP contribution >= 0.6 is 0 Å². The molecule has 0 fully saturated rings. The van der Waals surface area contributed by atoms with Gasteiger partial charge in [-0.3, -0.25) is 0 Å². The lowest BCUT2D eigenvalue weighted by atomic mass is 9.60. The lowest BCUT2D eigenvalue weighted by molar-refractivity contribution is 0.434. The first-order valence-corrected chi connectivity index (χ1v) is 18.6. The maximum Gasteiger partial charge on any atom is 0.132 e. The Balaban J connectivity index is 1.29. The molecule has 0 saturated carbocycles. The molecule has 2 heteroatoms. The Morgan fingerprint density at radius 1 is 0.491 bits per heavy atom. The van der Waals surface area contributed by atoms with Gasteiger partial charge >= 0.3 is 0 Å². The summed E-state index contributed by atoms with van der Waals surface area (Å²) in [4.78, 5) is 2.47. The molecule has 8 aromatic carbocycles. The first-order valence-electron chi connectivity index (χ1n) is 18.6. The normalized spacial score (nSPS) is 14.5. The number of hydrogen-bond donors (Lipinski definition) is 0. The molecule has 0 unspecified atom stereocenters. The fourth-order valence-corrected chi connectivity index (χ4v) is 9.30. The van der Waals surface area contributed by atoms with Gasteiger partial charge < -0.3 is 9.64 Å². The number of allylic oxidation sites excluding steroid dienone is 1. The topological polar surface area (TPSA) is 12.5 Å². The summed E-state index contributed by atoms with van der Waals surface area (Å²) in [5.41, 5.74) is 15.2. The summed E-state index contributed by atoms with van der Waals surface area (Å²) in [6, 6.07) is 64.6. The van der Waals surface area contributed by atoms with E-state index in [0.717, 1.165) is 52.5 Å². The van der Waals surface area contributed by atoms with Crippen LogP contribution in [0.3, 0.4) is 0 Å². The zero-order valence-corrected chi connectivity index (χ0v) is 29.2. The second-order valence-corrected chi connectivity index (χ2v) is 14.3. The second-order valence-electron chi connectivity index (χ2n) is 14.3. The quantitative estimate of drug-likeness (QED) is 0.185. The van der Waals surface area contributed by atoms with E-state index in [0.29, 0.717) is 0 Å². The minimum Gasteiger partial charge on any atom is -0.457 e. The first kappa shape index (κ1) is 30.0. The number of aryl methyl sites for hydroxylation is 1. The molecule has 0 saturated heterocycles. The Morgan fingerprint density at radius 2 is 1.09 bits per heavy atom. The van der Waals surface area contributed by atoms with Crippen LogP contribution in [0.2, 0.25) is 0 Å². The van der Waals surface area contributed by atoms with E-state index in [2.05, 4.69) is 193 Å². The van der Waals surface area contributed by atoms with Crippen molar-refractivity contribution in [3.05, 3.63) is 215 Å². The average molecular weight is 678 g/mol. The zero-order valence-electron chi connectivity index (χ0n) is 29.2. The number of anilines is 3. The molecule has 2 aliphatic heterocycles. The van der Waals surface area contributed by atoms with Crippen LogP contribution in [-0.4, -0.2) is 0 Å². The van der Waals surface area contributed by atoms with Gasteiger partial charge in [-0.2, -0.15) is 0 Å². The Morgan fingerprint density at radius 3 is 1.85 bits per heavy atom. The fraction of sp³-hybridized carbons (Fsp3) is 0.0588. The Labute approximate surface area is 309 Å². The van der Waals surface area contributed by atoms with Crippen molar-refractivity contribution in [2.45, 2.75) is 18.3 Å². The predicted molar refractivity (Wildman–Crippen MR) is 219 cm³/mol. The molecule has 0 atom stereocenters. The molecular formula is C51H35NO. The third-order valence-corrected chi connectivity index (χ3v) is 11.6. The Bertz CT molecular complexity index is 2730. The van der Waals surface area contributed by atoms with Crippen molar-refractivity contribution in [2.24, 2.45) is 0 Å². The standard InChI is InChI=1S/C51H35NO/c1-2-18-38(19-3-1)52-47-30-28-36(41-22-12-16-34-14-4-6-20-39(34)41)32-45(47)51(43-24-8-10-26-49(43)53-50-27-11-9-25-44(50)51)46-33-37(29-31-48(46)52)42-23-13-17-35-15-5-7-21-40(35)42/h1-4,6-14,16-33H,5,15H2. The van der Waals surface area contributed by atoms with Crippen molar-refractivity contribution in [1.82, 2.24) is 0 Å². The molecule has 11 rings (SSSR count). The number of rotatable bonds is 3. The SMILES string of the molecule is C1=Cc2c(cccc2-c2ccc3c(c2)C2(c4ccccc4Oc4ccccc42)c2cc(-c4cccc5ccccc45)ccc2N3c2ccccc2)CC1. The number of nitrogens with zero attached hydrogens (tertiary/aromatic N) is 1. The number of ether oxygens (including phenoxy) is 1. The van der Waals surface area contributed by atoms with Gasteiger partial charge in [0.15, 0.2) is 0 Å². The highest BCUT2D eigenvalue weighted by molar-refractivity contribution is 5.99. The van der Waals surface area contributed by atoms with E-state index < -0.39 is 5.41 Å². The summed E-state index contributed by atoms with van der Waals surface area (Å²) < 4.78 is 6.79. The molecule has 250 valence electrons. The summed E-state index contributed by atoms with van der Waals surface area (Å²) in [6.45, 7) is 0. The second kappa shape index (κ2) is 11.7. The van der Waals surface area contributed by atoms with Gasteiger partial charge in [0.05, 0.1) is 16.8 Å². The minimum absolute atomic E-state index is 0.678. The number of para-hydroxylation sites is 3. The van der Waals surface area contributed by atoms with E-state index >= 15 is 0 Å². The van der Waals surface area contributed by atoms with Crippen molar-refractivity contribution in [2.75, 3.05) is 4.90 Å². The van der Waals surface area contributed by atoms with Crippen LogP contribution in [0.15, 0.2) is 182 Å². The largest absolute Gasteiger partial charge is 0.457 e. The molecule has 3 aliphatic rings. The molecule has 1 spiro atoms. The number of benzene rings is 8. The van der Waals surface area contributed by atoms with Crippen LogP contribution in [0.4, 0.5) is 17.1 Å². The monoisotopic (exact) mass is 677 g/mol. The molecule has 2 nitrogen and oxygen atoms in total. The van der Waals surface area contributed by atoms with Gasteiger partial charge in [-0.15, -0.1) is 0 Å². The van der Waals surface area contributed by atoms with Gasteiger partial charge in [0, 0.05) is 16.8 Å². The first-order chi connectivity index (χ1) is 26.3. The summed E-state index contributed by atoms with van der Waals surface area (Å²) in [7, 11) is 0. The van der Waals surface area contributed by atoms with Crippen LogP contribution in [0.1, 0.15) is 39.8 Å². The molecule has 1 aliphatic carbocycles. The Kier molecular flexibility index (Phi) is 6.63. The van der Waals surface area contributed by atoms with Gasteiger partial charge in [0.2, 0.25) is 0 Å². The lowest BCUT2D eigenvalue weighted by Gasteiger charge is -2.49. The van der Waals surface area contributed by atoms with Crippen molar-refractivity contribution < 1.29 is 4.74 Å². The van der Waals surface area contributed by atoms with Crippen LogP contribution < -0.4 is 9.64 Å². The molecule has 2 heterocycles. The predicted octanol–water partition coefficient (Wildman–Crippen LogP) is 13.4. The van der Waals surface area contributed by atoms with Crippen molar-refractivity contribution >= 4 is 33.9 Å². The van der Waals surface area contributed by atoms with Gasteiger partial charge in [-0.25, -0.2) is 0 Å². The number of hydrogen-bond acceptors (Lipinski definition) is 2. The fourth-order valence-electron chi connectivity index (χ4n) is 9.30. The molecule has 0 bridgehead atoms. The lowest BCUT2D eigenvalue weighted by Crippen LogP contribution is -2.39. The zero-order chi connectivity index (χ0) is 34.9. The highest BCUT2D eigenvalue weighted by atomic mass is 16.5. The van der Waals surface area contributed by atoms with Crippen molar-refractivity contribution in [3.8, 4) is 33.8 Å². The molecular weight excluding hydrogens is 643 g/mol.